The average molecular weight is 466 g/mol. The number of rotatable bonds is 9. The van der Waals surface area contributed by atoms with E-state index in [9.17, 15) is 28.1 Å². The normalized spacial score (nSPS) is 11.2. The van der Waals surface area contributed by atoms with Gasteiger partial charge in [-0.15, -0.1) is 0 Å². The zero-order chi connectivity index (χ0) is 22.3. The molecule has 0 bridgehead atoms. The number of alkyl halides is 3. The van der Waals surface area contributed by atoms with E-state index in [2.05, 4.69) is 10.3 Å². The molecule has 0 aliphatic heterocycles. The van der Waals surface area contributed by atoms with Gasteiger partial charge in [0, 0.05) is 24.7 Å². The number of pyridine rings is 1. The van der Waals surface area contributed by atoms with Gasteiger partial charge in [-0.1, -0.05) is 23.2 Å². The number of amides is 1. The predicted molar refractivity (Wildman–Crippen MR) is 104 cm³/mol. The number of carbonyl (C=O) groups is 1. The van der Waals surface area contributed by atoms with Crippen LogP contribution in [-0.4, -0.2) is 29.0 Å². The van der Waals surface area contributed by atoms with Crippen LogP contribution >= 0.6 is 23.2 Å². The molecule has 0 fully saturated rings. The van der Waals surface area contributed by atoms with Gasteiger partial charge in [-0.2, -0.15) is 13.2 Å². The topological polar surface area (TPSA) is 94.4 Å². The third-order valence-electron chi connectivity index (χ3n) is 3.86. The first-order valence-corrected chi connectivity index (χ1v) is 9.43. The number of carbonyl (C=O) groups excluding carboxylic acids is 1. The molecular weight excluding hydrogens is 450 g/mol. The van der Waals surface area contributed by atoms with E-state index in [1.807, 2.05) is 0 Å². The number of nitrogens with zero attached hydrogens (tertiary/aromatic N) is 2. The number of hydrogen-bond acceptors (Lipinski definition) is 5. The van der Waals surface area contributed by atoms with Gasteiger partial charge in [0.25, 0.3) is 11.6 Å². The molecule has 0 atom stereocenters. The lowest BCUT2D eigenvalue weighted by Gasteiger charge is -2.10. The number of nitro groups is 1. The van der Waals surface area contributed by atoms with Gasteiger partial charge in [0.2, 0.25) is 5.88 Å². The van der Waals surface area contributed by atoms with Crippen LogP contribution in [0.15, 0.2) is 30.3 Å². The summed E-state index contributed by atoms with van der Waals surface area (Å²) in [6.45, 7) is 0.404. The van der Waals surface area contributed by atoms with Crippen LogP contribution in [0.4, 0.5) is 18.9 Å². The van der Waals surface area contributed by atoms with Crippen molar-refractivity contribution in [3.8, 4) is 5.88 Å². The highest BCUT2D eigenvalue weighted by Crippen LogP contribution is 2.32. The summed E-state index contributed by atoms with van der Waals surface area (Å²) in [5.74, 6) is -0.758. The number of halogens is 5. The van der Waals surface area contributed by atoms with Crippen molar-refractivity contribution in [2.75, 3.05) is 13.2 Å². The molecule has 0 saturated carbocycles. The molecule has 12 heteroatoms. The van der Waals surface area contributed by atoms with Crippen molar-refractivity contribution in [1.29, 1.82) is 0 Å². The maximum absolute atomic E-state index is 12.7. The summed E-state index contributed by atoms with van der Waals surface area (Å²) >= 11 is 11.5. The molecule has 30 heavy (non-hydrogen) atoms. The SMILES string of the molecule is O=C(NCCCCCOc1cc(C(F)(F)F)cc(Cl)n1)c1cc([N+](=O)[O-])ccc1Cl. The largest absolute Gasteiger partial charge is 0.478 e. The fourth-order valence-electron chi connectivity index (χ4n) is 2.39. The quantitative estimate of drug-likeness (QED) is 0.235. The van der Waals surface area contributed by atoms with Crippen LogP contribution in [0.25, 0.3) is 0 Å². The van der Waals surface area contributed by atoms with Crippen molar-refractivity contribution < 1.29 is 27.6 Å². The van der Waals surface area contributed by atoms with Gasteiger partial charge in [0.15, 0.2) is 0 Å². The number of benzene rings is 1. The molecule has 0 unspecified atom stereocenters. The Morgan fingerprint density at radius 3 is 2.57 bits per heavy atom. The third kappa shape index (κ3) is 7.03. The molecule has 2 aromatic rings. The Balaban J connectivity index is 1.73. The van der Waals surface area contributed by atoms with Gasteiger partial charge in [0.1, 0.15) is 5.15 Å². The molecule has 0 saturated heterocycles. The minimum absolute atomic E-state index is 0.00157. The number of unbranched alkanes of at least 4 members (excludes halogenated alkanes) is 2. The zero-order valence-corrected chi connectivity index (χ0v) is 16.9. The van der Waals surface area contributed by atoms with E-state index < -0.39 is 22.6 Å². The van der Waals surface area contributed by atoms with Gasteiger partial charge < -0.3 is 10.1 Å². The molecule has 0 aliphatic carbocycles. The first kappa shape index (κ1) is 23.7. The Hall–Kier alpha value is -2.59. The van der Waals surface area contributed by atoms with Gasteiger partial charge in [-0.05, 0) is 31.4 Å². The molecule has 0 spiro atoms. The fraction of sp³-hybridized carbons (Fsp3) is 0.333. The molecule has 1 aromatic heterocycles. The van der Waals surface area contributed by atoms with Gasteiger partial charge >= 0.3 is 6.18 Å². The summed E-state index contributed by atoms with van der Waals surface area (Å²) in [5.41, 5.74) is -1.19. The second-order valence-electron chi connectivity index (χ2n) is 6.10. The standard InChI is InChI=1S/C18H16Cl2F3N3O4/c19-14-5-4-12(26(28)29)10-13(14)17(27)24-6-2-1-3-7-30-16-9-11(18(21,22)23)8-15(20)25-16/h4-5,8-10H,1-3,6-7H2,(H,24,27). The smallest absolute Gasteiger partial charge is 0.416 e. The summed E-state index contributed by atoms with van der Waals surface area (Å²) in [4.78, 5) is 26.0. The van der Waals surface area contributed by atoms with Crippen LogP contribution < -0.4 is 10.1 Å². The summed E-state index contributed by atoms with van der Waals surface area (Å²) in [5, 5.41) is 13.2. The predicted octanol–water partition coefficient (Wildman–Crippen LogP) is 5.29. The molecule has 1 heterocycles. The minimum Gasteiger partial charge on any atom is -0.478 e. The van der Waals surface area contributed by atoms with E-state index in [4.69, 9.17) is 27.9 Å². The molecule has 1 amide bonds. The first-order chi connectivity index (χ1) is 14.1. The minimum atomic E-state index is -4.55. The molecular formula is C18H16Cl2F3N3O4. The summed E-state index contributed by atoms with van der Waals surface area (Å²) in [6.07, 6.45) is -2.89. The molecule has 0 aliphatic rings. The number of ether oxygens (including phenoxy) is 1. The Kier molecular flexibility index (Phi) is 8.24. The number of nitro benzene ring substituents is 1. The molecule has 162 valence electrons. The number of non-ortho nitro benzene ring substituents is 1. The Morgan fingerprint density at radius 2 is 1.90 bits per heavy atom. The van der Waals surface area contributed by atoms with Crippen molar-refractivity contribution in [3.05, 3.63) is 61.7 Å². The van der Waals surface area contributed by atoms with Crippen LogP contribution in [0.2, 0.25) is 10.2 Å². The highest BCUT2D eigenvalue weighted by Gasteiger charge is 2.31. The van der Waals surface area contributed by atoms with Crippen molar-refractivity contribution in [1.82, 2.24) is 10.3 Å². The highest BCUT2D eigenvalue weighted by atomic mass is 35.5. The number of aromatic nitrogens is 1. The van der Waals surface area contributed by atoms with Crippen LogP contribution in [0, 0.1) is 10.1 Å². The van der Waals surface area contributed by atoms with E-state index in [1.165, 1.54) is 12.1 Å². The Bertz CT molecular complexity index is 926. The lowest BCUT2D eigenvalue weighted by molar-refractivity contribution is -0.384. The average Bonchev–Trinajstić information content (AvgIpc) is 2.66. The lowest BCUT2D eigenvalue weighted by Crippen LogP contribution is -2.24. The summed E-state index contributed by atoms with van der Waals surface area (Å²) in [7, 11) is 0. The van der Waals surface area contributed by atoms with Crippen molar-refractivity contribution in [2.45, 2.75) is 25.4 Å². The van der Waals surface area contributed by atoms with Crippen LogP contribution in [0.1, 0.15) is 35.2 Å². The second kappa shape index (κ2) is 10.4. The second-order valence-corrected chi connectivity index (χ2v) is 6.90. The van der Waals surface area contributed by atoms with Crippen molar-refractivity contribution in [2.24, 2.45) is 0 Å². The van der Waals surface area contributed by atoms with Crippen molar-refractivity contribution >= 4 is 34.8 Å². The summed E-state index contributed by atoms with van der Waals surface area (Å²) < 4.78 is 43.4. The third-order valence-corrected chi connectivity index (χ3v) is 4.38. The van der Waals surface area contributed by atoms with E-state index in [0.29, 0.717) is 25.3 Å². The van der Waals surface area contributed by atoms with Gasteiger partial charge in [0.05, 0.1) is 27.7 Å². The van der Waals surface area contributed by atoms with Crippen LogP contribution in [0.3, 0.4) is 0 Å². The van der Waals surface area contributed by atoms with E-state index in [1.54, 1.807) is 0 Å². The Morgan fingerprint density at radius 1 is 1.17 bits per heavy atom. The van der Waals surface area contributed by atoms with Gasteiger partial charge in [-0.3, -0.25) is 14.9 Å². The molecule has 1 aromatic carbocycles. The maximum atomic E-state index is 12.7. The highest BCUT2D eigenvalue weighted by molar-refractivity contribution is 6.34. The molecule has 2 rings (SSSR count). The van der Waals surface area contributed by atoms with E-state index in [-0.39, 0.29) is 40.5 Å². The van der Waals surface area contributed by atoms with Crippen LogP contribution in [-0.2, 0) is 6.18 Å². The van der Waals surface area contributed by atoms with E-state index >= 15 is 0 Å². The van der Waals surface area contributed by atoms with E-state index in [0.717, 1.165) is 12.1 Å². The zero-order valence-electron chi connectivity index (χ0n) is 15.3. The Labute approximate surface area is 179 Å². The molecule has 0 radical (unpaired) electrons. The summed E-state index contributed by atoms with van der Waals surface area (Å²) in [6, 6.07) is 5.06. The fourth-order valence-corrected chi connectivity index (χ4v) is 2.79. The maximum Gasteiger partial charge on any atom is 0.416 e. The monoisotopic (exact) mass is 465 g/mol. The van der Waals surface area contributed by atoms with Gasteiger partial charge in [-0.25, -0.2) is 4.98 Å². The van der Waals surface area contributed by atoms with Crippen molar-refractivity contribution in [3.63, 3.8) is 0 Å². The number of nitrogens with one attached hydrogen (secondary N) is 1. The molecule has 7 nitrogen and oxygen atoms in total. The van der Waals surface area contributed by atoms with Crippen LogP contribution in [0.5, 0.6) is 5.88 Å². The first-order valence-electron chi connectivity index (χ1n) is 8.67. The molecule has 1 N–H and O–H groups in total. The number of hydrogen-bond donors (Lipinski definition) is 1. The lowest BCUT2D eigenvalue weighted by atomic mass is 10.2.